The smallest absolute Gasteiger partial charge is 0.186 e. The Morgan fingerprint density at radius 2 is 2.14 bits per heavy atom. The quantitative estimate of drug-likeness (QED) is 0.866. The maximum Gasteiger partial charge on any atom is 0.186 e. The number of nitrogens with two attached hydrogens (primary N) is 1. The van der Waals surface area contributed by atoms with Gasteiger partial charge in [0.2, 0.25) is 0 Å². The Kier molecular flexibility index (Phi) is 3.91. The van der Waals surface area contributed by atoms with Gasteiger partial charge in [-0.1, -0.05) is 0 Å². The van der Waals surface area contributed by atoms with Gasteiger partial charge in [-0.05, 0) is 13.3 Å². The second kappa shape index (κ2) is 5.69. The number of rotatable bonds is 3. The molecule has 0 atom stereocenters. The number of piperidine rings is 1. The van der Waals surface area contributed by atoms with Crippen molar-refractivity contribution < 1.29 is 18.6 Å². The topological polar surface area (TPSA) is 57.0 Å². The zero-order chi connectivity index (χ0) is 14.9. The van der Waals surface area contributed by atoms with Crippen molar-refractivity contribution in [1.82, 2.24) is 0 Å². The minimum Gasteiger partial charge on any atom is -0.491 e. The van der Waals surface area contributed by atoms with Crippen LogP contribution in [0.15, 0.2) is 12.1 Å². The lowest BCUT2D eigenvalue weighted by atomic mass is 10.0. The fourth-order valence-corrected chi connectivity index (χ4v) is 3.02. The van der Waals surface area contributed by atoms with E-state index < -0.39 is 11.6 Å². The van der Waals surface area contributed by atoms with Gasteiger partial charge in [0.1, 0.15) is 0 Å². The molecule has 2 saturated heterocycles. The molecule has 3 rings (SSSR count). The van der Waals surface area contributed by atoms with Gasteiger partial charge >= 0.3 is 0 Å². The van der Waals surface area contributed by atoms with E-state index in [1.807, 2.05) is 6.92 Å². The molecule has 2 heterocycles. The van der Waals surface area contributed by atoms with Gasteiger partial charge in [-0.2, -0.15) is 0 Å². The van der Waals surface area contributed by atoms with Crippen LogP contribution in [0.2, 0.25) is 0 Å². The van der Waals surface area contributed by atoms with Gasteiger partial charge in [0.25, 0.3) is 0 Å². The van der Waals surface area contributed by atoms with Gasteiger partial charge in [0.15, 0.2) is 17.4 Å². The van der Waals surface area contributed by atoms with E-state index in [0.717, 1.165) is 25.1 Å². The van der Waals surface area contributed by atoms with Gasteiger partial charge in [-0.25, -0.2) is 4.39 Å². The zero-order valence-electron chi connectivity index (χ0n) is 12.2. The Hall–Kier alpha value is -1.53. The first-order chi connectivity index (χ1) is 10.1. The van der Waals surface area contributed by atoms with Crippen LogP contribution in [0.4, 0.5) is 15.8 Å². The Balaban J connectivity index is 1.86. The van der Waals surface area contributed by atoms with Gasteiger partial charge in [0.05, 0.1) is 37.7 Å². The fraction of sp³-hybridized carbons (Fsp3) is 0.600. The van der Waals surface area contributed by atoms with Gasteiger partial charge in [-0.3, -0.25) is 0 Å². The van der Waals surface area contributed by atoms with Crippen LogP contribution in [0, 0.1) is 5.82 Å². The van der Waals surface area contributed by atoms with E-state index in [-0.39, 0.29) is 5.75 Å². The molecule has 2 aliphatic heterocycles. The van der Waals surface area contributed by atoms with Gasteiger partial charge in [-0.15, -0.1) is 0 Å². The highest BCUT2D eigenvalue weighted by Crippen LogP contribution is 2.37. The van der Waals surface area contributed by atoms with E-state index >= 15 is 0 Å². The fourth-order valence-electron chi connectivity index (χ4n) is 3.02. The summed E-state index contributed by atoms with van der Waals surface area (Å²) in [5.41, 5.74) is 7.17. The Morgan fingerprint density at radius 3 is 2.86 bits per heavy atom. The predicted octanol–water partition coefficient (Wildman–Crippen LogP) is 2.15. The zero-order valence-corrected chi connectivity index (χ0v) is 12.2. The molecule has 21 heavy (non-hydrogen) atoms. The van der Waals surface area contributed by atoms with E-state index in [1.54, 1.807) is 6.07 Å². The number of anilines is 2. The molecule has 2 N–H and O–H groups in total. The summed E-state index contributed by atoms with van der Waals surface area (Å²) in [6.07, 6.45) is 1.82. The first kappa shape index (κ1) is 14.4. The molecular formula is C15H21FN2O3. The van der Waals surface area contributed by atoms with E-state index in [1.165, 1.54) is 6.07 Å². The third-order valence-electron chi connectivity index (χ3n) is 3.95. The summed E-state index contributed by atoms with van der Waals surface area (Å²) in [6.45, 7) is 4.93. The van der Waals surface area contributed by atoms with Crippen LogP contribution in [-0.2, 0) is 9.47 Å². The van der Waals surface area contributed by atoms with Crippen molar-refractivity contribution >= 4 is 11.4 Å². The van der Waals surface area contributed by atoms with Crippen LogP contribution in [0.5, 0.6) is 5.75 Å². The Morgan fingerprint density at radius 1 is 1.38 bits per heavy atom. The molecule has 0 radical (unpaired) electrons. The van der Waals surface area contributed by atoms with Crippen LogP contribution >= 0.6 is 0 Å². The number of halogens is 1. The second-order valence-corrected chi connectivity index (χ2v) is 5.41. The highest BCUT2D eigenvalue weighted by Gasteiger charge is 2.41. The Bertz CT molecular complexity index is 518. The molecule has 0 bridgehead atoms. The third kappa shape index (κ3) is 2.78. The molecule has 0 unspecified atom stereocenters. The second-order valence-electron chi connectivity index (χ2n) is 5.41. The summed E-state index contributed by atoms with van der Waals surface area (Å²) in [5, 5.41) is 0. The predicted molar refractivity (Wildman–Crippen MR) is 78.1 cm³/mol. The average molecular weight is 296 g/mol. The monoisotopic (exact) mass is 296 g/mol. The van der Waals surface area contributed by atoms with Crippen LogP contribution < -0.4 is 15.4 Å². The summed E-state index contributed by atoms with van der Waals surface area (Å²) < 4.78 is 30.7. The van der Waals surface area contributed by atoms with Crippen molar-refractivity contribution in [3.8, 4) is 5.75 Å². The lowest BCUT2D eigenvalue weighted by molar-refractivity contribution is -0.161. The third-order valence-corrected chi connectivity index (χ3v) is 3.95. The molecule has 5 nitrogen and oxygen atoms in total. The molecule has 2 fully saturated rings. The molecule has 1 aromatic rings. The molecule has 0 amide bonds. The number of ether oxygens (including phenoxy) is 3. The van der Waals surface area contributed by atoms with Crippen LogP contribution in [0.25, 0.3) is 0 Å². The average Bonchev–Trinajstić information content (AvgIpc) is 2.90. The van der Waals surface area contributed by atoms with Crippen molar-refractivity contribution in [3.63, 3.8) is 0 Å². The minimum absolute atomic E-state index is 0.231. The van der Waals surface area contributed by atoms with E-state index in [9.17, 15) is 4.39 Å². The van der Waals surface area contributed by atoms with Crippen molar-refractivity contribution in [3.05, 3.63) is 17.9 Å². The number of benzene rings is 1. The molecule has 0 aliphatic carbocycles. The number of hydrogen-bond acceptors (Lipinski definition) is 5. The van der Waals surface area contributed by atoms with Crippen LogP contribution in [-0.4, -0.2) is 38.7 Å². The first-order valence-corrected chi connectivity index (χ1v) is 7.38. The number of nitrogens with zero attached hydrogens (tertiary/aromatic N) is 1. The molecule has 0 saturated carbocycles. The molecule has 116 valence electrons. The van der Waals surface area contributed by atoms with Crippen molar-refractivity contribution in [1.29, 1.82) is 0 Å². The first-order valence-electron chi connectivity index (χ1n) is 7.38. The molecule has 1 spiro atoms. The number of nitrogen functional groups attached to an aromatic ring is 1. The summed E-state index contributed by atoms with van der Waals surface area (Å²) in [7, 11) is 0. The van der Waals surface area contributed by atoms with Crippen molar-refractivity contribution in [2.24, 2.45) is 0 Å². The lowest BCUT2D eigenvalue weighted by Crippen LogP contribution is -2.49. The van der Waals surface area contributed by atoms with Crippen molar-refractivity contribution in [2.75, 3.05) is 43.5 Å². The molecular weight excluding hydrogens is 275 g/mol. The Labute approximate surface area is 123 Å². The number of hydrogen-bond donors (Lipinski definition) is 1. The highest BCUT2D eigenvalue weighted by atomic mass is 19.1. The van der Waals surface area contributed by atoms with Gasteiger partial charge < -0.3 is 24.8 Å². The SMILES string of the molecule is CCOc1cc(N2CCCC3(C2)OCCO3)c(N)cc1F. The summed E-state index contributed by atoms with van der Waals surface area (Å²) >= 11 is 0. The van der Waals surface area contributed by atoms with Gasteiger partial charge in [0, 0.05) is 25.1 Å². The summed E-state index contributed by atoms with van der Waals surface area (Å²) in [6, 6.07) is 2.99. The van der Waals surface area contributed by atoms with Crippen LogP contribution in [0.3, 0.4) is 0 Å². The summed E-state index contributed by atoms with van der Waals surface area (Å²) in [4.78, 5) is 2.09. The molecule has 2 aliphatic rings. The van der Waals surface area contributed by atoms with E-state index in [0.29, 0.717) is 32.1 Å². The van der Waals surface area contributed by atoms with E-state index in [4.69, 9.17) is 19.9 Å². The minimum atomic E-state index is -0.537. The molecule has 1 aromatic carbocycles. The van der Waals surface area contributed by atoms with E-state index in [2.05, 4.69) is 4.90 Å². The maximum atomic E-state index is 13.8. The maximum absolute atomic E-state index is 13.8. The van der Waals surface area contributed by atoms with Crippen molar-refractivity contribution in [2.45, 2.75) is 25.6 Å². The standard InChI is InChI=1S/C15H21FN2O3/c1-2-19-14-9-13(12(17)8-11(14)16)18-5-3-4-15(10-18)20-6-7-21-15/h8-9H,2-7,10,17H2,1H3. The normalized spacial score (nSPS) is 21.0. The molecule has 6 heteroatoms. The van der Waals surface area contributed by atoms with Crippen LogP contribution in [0.1, 0.15) is 19.8 Å². The lowest BCUT2D eigenvalue weighted by Gasteiger charge is -2.40. The molecule has 0 aromatic heterocycles. The summed E-state index contributed by atoms with van der Waals surface area (Å²) in [5.74, 6) is -0.738. The highest BCUT2D eigenvalue weighted by molar-refractivity contribution is 5.70. The largest absolute Gasteiger partial charge is 0.491 e.